The van der Waals surface area contributed by atoms with Gasteiger partial charge in [0, 0.05) is 0 Å². The topological polar surface area (TPSA) is 61.3 Å². The number of aromatic nitrogens is 1. The molecule has 0 bridgehead atoms. The lowest BCUT2D eigenvalue weighted by atomic mass is 10.5. The number of ether oxygens (including phenoxy) is 1. The lowest BCUT2D eigenvalue weighted by Crippen LogP contribution is -2.01. The van der Waals surface area contributed by atoms with Gasteiger partial charge in [0.05, 0.1) is 18.8 Å². The van der Waals surface area contributed by atoms with Gasteiger partial charge in [0.1, 0.15) is 12.4 Å². The number of nitrogens with two attached hydrogens (primary N) is 1. The normalized spacial score (nSPS) is 11.0. The van der Waals surface area contributed by atoms with Crippen LogP contribution < -0.4 is 5.73 Å². The molecule has 0 saturated heterocycles. The first kappa shape index (κ1) is 9.22. The number of hydrogen-bond donors (Lipinski definition) is 1. The Morgan fingerprint density at radius 2 is 2.42 bits per heavy atom. The second kappa shape index (κ2) is 4.23. The fourth-order valence-corrected chi connectivity index (χ4v) is 0.758. The van der Waals surface area contributed by atoms with Gasteiger partial charge in [0.25, 0.3) is 0 Å². The van der Waals surface area contributed by atoms with Crippen LogP contribution in [0.1, 0.15) is 25.5 Å². The molecule has 12 heavy (non-hydrogen) atoms. The fourth-order valence-electron chi connectivity index (χ4n) is 0.758. The summed E-state index contributed by atoms with van der Waals surface area (Å²) in [6.07, 6.45) is 1.85. The molecule has 0 aliphatic carbocycles. The Kier molecular flexibility index (Phi) is 3.25. The van der Waals surface area contributed by atoms with Crippen LogP contribution in [0.25, 0.3) is 0 Å². The van der Waals surface area contributed by atoms with Gasteiger partial charge in [-0.25, -0.2) is 4.98 Å². The molecule has 0 aromatic carbocycles. The number of rotatable bonds is 4. The first-order valence-electron chi connectivity index (χ1n) is 3.97. The fraction of sp³-hybridized carbons (Fsp3) is 0.625. The van der Waals surface area contributed by atoms with E-state index in [-0.39, 0.29) is 6.10 Å². The van der Waals surface area contributed by atoms with Crippen molar-refractivity contribution in [1.29, 1.82) is 0 Å². The predicted molar refractivity (Wildman–Crippen MR) is 44.3 cm³/mol. The van der Waals surface area contributed by atoms with Gasteiger partial charge in [0.2, 0.25) is 5.89 Å². The standard InChI is InChI=1S/C8H14N2O2/c1-6(2)11-5-7-4-10-8(3-9)12-7/h4,6H,3,5,9H2,1-2H3. The minimum absolute atomic E-state index is 0.205. The Bertz CT molecular complexity index is 233. The molecule has 0 unspecified atom stereocenters. The zero-order valence-corrected chi connectivity index (χ0v) is 7.41. The highest BCUT2D eigenvalue weighted by molar-refractivity contribution is 4.91. The predicted octanol–water partition coefficient (Wildman–Crippen LogP) is 1.06. The maximum absolute atomic E-state index is 5.32. The van der Waals surface area contributed by atoms with Crippen LogP contribution in [0.4, 0.5) is 0 Å². The molecule has 0 aliphatic rings. The molecule has 0 radical (unpaired) electrons. The Morgan fingerprint density at radius 1 is 1.67 bits per heavy atom. The second-order valence-corrected chi connectivity index (χ2v) is 2.78. The number of oxazole rings is 1. The highest BCUT2D eigenvalue weighted by Gasteiger charge is 2.02. The first-order valence-corrected chi connectivity index (χ1v) is 3.97. The van der Waals surface area contributed by atoms with Crippen molar-refractivity contribution in [2.75, 3.05) is 0 Å². The summed E-state index contributed by atoms with van der Waals surface area (Å²) in [6.45, 7) is 4.74. The maximum atomic E-state index is 5.32. The molecule has 0 amide bonds. The molecule has 4 heteroatoms. The van der Waals surface area contributed by atoms with Crippen molar-refractivity contribution < 1.29 is 9.15 Å². The van der Waals surface area contributed by atoms with Gasteiger partial charge < -0.3 is 14.9 Å². The summed E-state index contributed by atoms with van der Waals surface area (Å²) in [4.78, 5) is 3.94. The SMILES string of the molecule is CC(C)OCc1cnc(CN)o1. The molecule has 1 aromatic rings. The summed E-state index contributed by atoms with van der Waals surface area (Å²) in [7, 11) is 0. The van der Waals surface area contributed by atoms with Crippen molar-refractivity contribution in [2.24, 2.45) is 5.73 Å². The van der Waals surface area contributed by atoms with Gasteiger partial charge in [0.15, 0.2) is 0 Å². The Hall–Kier alpha value is -0.870. The minimum atomic E-state index is 0.205. The third-order valence-corrected chi connectivity index (χ3v) is 1.33. The van der Waals surface area contributed by atoms with E-state index in [1.165, 1.54) is 0 Å². The van der Waals surface area contributed by atoms with Gasteiger partial charge in [-0.15, -0.1) is 0 Å². The van der Waals surface area contributed by atoms with Crippen LogP contribution in [0.15, 0.2) is 10.6 Å². The van der Waals surface area contributed by atoms with E-state index in [0.29, 0.717) is 19.0 Å². The third kappa shape index (κ3) is 2.64. The van der Waals surface area contributed by atoms with Crippen molar-refractivity contribution in [3.63, 3.8) is 0 Å². The summed E-state index contributed by atoms with van der Waals surface area (Å²) in [5, 5.41) is 0. The van der Waals surface area contributed by atoms with E-state index < -0.39 is 0 Å². The second-order valence-electron chi connectivity index (χ2n) is 2.78. The molecule has 4 nitrogen and oxygen atoms in total. The molecule has 68 valence electrons. The summed E-state index contributed by atoms with van der Waals surface area (Å²) < 4.78 is 10.5. The van der Waals surface area contributed by atoms with Crippen LogP contribution in [0.3, 0.4) is 0 Å². The van der Waals surface area contributed by atoms with E-state index in [1.54, 1.807) is 6.20 Å². The smallest absolute Gasteiger partial charge is 0.208 e. The molecule has 0 spiro atoms. The van der Waals surface area contributed by atoms with Crippen molar-refractivity contribution in [3.05, 3.63) is 17.8 Å². The molecular formula is C8H14N2O2. The van der Waals surface area contributed by atoms with Crippen LogP contribution in [0.5, 0.6) is 0 Å². The Morgan fingerprint density at radius 3 is 2.92 bits per heavy atom. The minimum Gasteiger partial charge on any atom is -0.442 e. The van der Waals surface area contributed by atoms with Crippen LogP contribution in [-0.2, 0) is 17.9 Å². The molecule has 0 saturated carbocycles. The molecule has 0 aliphatic heterocycles. The molecule has 0 fully saturated rings. The van der Waals surface area contributed by atoms with E-state index in [0.717, 1.165) is 5.76 Å². The monoisotopic (exact) mass is 170 g/mol. The zero-order valence-electron chi connectivity index (χ0n) is 7.41. The summed E-state index contributed by atoms with van der Waals surface area (Å²) in [5.41, 5.74) is 5.32. The molecule has 1 aromatic heterocycles. The quantitative estimate of drug-likeness (QED) is 0.733. The van der Waals surface area contributed by atoms with E-state index in [2.05, 4.69) is 4.98 Å². The molecular weight excluding hydrogens is 156 g/mol. The van der Waals surface area contributed by atoms with Crippen LogP contribution in [-0.4, -0.2) is 11.1 Å². The number of hydrogen-bond acceptors (Lipinski definition) is 4. The summed E-state index contributed by atoms with van der Waals surface area (Å²) >= 11 is 0. The third-order valence-electron chi connectivity index (χ3n) is 1.33. The Labute approximate surface area is 71.7 Å². The van der Waals surface area contributed by atoms with Crippen LogP contribution in [0, 0.1) is 0 Å². The van der Waals surface area contributed by atoms with Crippen molar-refractivity contribution in [1.82, 2.24) is 4.98 Å². The molecule has 1 heterocycles. The van der Waals surface area contributed by atoms with Crippen molar-refractivity contribution >= 4 is 0 Å². The van der Waals surface area contributed by atoms with Gasteiger partial charge in [-0.05, 0) is 13.8 Å². The van der Waals surface area contributed by atoms with Crippen LogP contribution >= 0.6 is 0 Å². The molecule has 0 atom stereocenters. The summed E-state index contributed by atoms with van der Waals surface area (Å²) in [5.74, 6) is 1.28. The van der Waals surface area contributed by atoms with Gasteiger partial charge in [-0.2, -0.15) is 0 Å². The maximum Gasteiger partial charge on any atom is 0.208 e. The van der Waals surface area contributed by atoms with E-state index >= 15 is 0 Å². The van der Waals surface area contributed by atoms with E-state index in [9.17, 15) is 0 Å². The Balaban J connectivity index is 2.41. The first-order chi connectivity index (χ1) is 5.72. The zero-order chi connectivity index (χ0) is 8.97. The van der Waals surface area contributed by atoms with Gasteiger partial charge in [-0.1, -0.05) is 0 Å². The van der Waals surface area contributed by atoms with Gasteiger partial charge >= 0.3 is 0 Å². The molecule has 2 N–H and O–H groups in total. The highest BCUT2D eigenvalue weighted by Crippen LogP contribution is 2.05. The van der Waals surface area contributed by atoms with E-state index in [1.807, 2.05) is 13.8 Å². The van der Waals surface area contributed by atoms with Gasteiger partial charge in [-0.3, -0.25) is 0 Å². The highest BCUT2D eigenvalue weighted by atomic mass is 16.5. The molecule has 1 rings (SSSR count). The van der Waals surface area contributed by atoms with Crippen molar-refractivity contribution in [3.8, 4) is 0 Å². The average molecular weight is 170 g/mol. The van der Waals surface area contributed by atoms with Crippen molar-refractivity contribution in [2.45, 2.75) is 33.1 Å². The lowest BCUT2D eigenvalue weighted by Gasteiger charge is -2.03. The largest absolute Gasteiger partial charge is 0.442 e. The number of nitrogens with zero attached hydrogens (tertiary/aromatic N) is 1. The van der Waals surface area contributed by atoms with E-state index in [4.69, 9.17) is 14.9 Å². The summed E-state index contributed by atoms with van der Waals surface area (Å²) in [6, 6.07) is 0. The average Bonchev–Trinajstić information content (AvgIpc) is 2.48. The lowest BCUT2D eigenvalue weighted by molar-refractivity contribution is 0.0539. The van der Waals surface area contributed by atoms with Crippen LogP contribution in [0.2, 0.25) is 0 Å².